The number of nitrogens with zero attached hydrogens (tertiary/aromatic N) is 2. The van der Waals surface area contributed by atoms with Crippen molar-refractivity contribution in [2.24, 2.45) is 5.73 Å². The zero-order valence-electron chi connectivity index (χ0n) is 7.94. The lowest BCUT2D eigenvalue weighted by atomic mass is 10.1. The first kappa shape index (κ1) is 9.68. The number of hydrogen-bond donors (Lipinski definition) is 1. The van der Waals surface area contributed by atoms with E-state index in [2.05, 4.69) is 28.0 Å². The van der Waals surface area contributed by atoms with Gasteiger partial charge in [0.05, 0.1) is 15.7 Å². The molecule has 1 unspecified atom stereocenters. The quantitative estimate of drug-likeness (QED) is 0.892. The average Bonchev–Trinajstić information content (AvgIpc) is 2.56. The molecule has 2 heterocycles. The highest BCUT2D eigenvalue weighted by Gasteiger charge is 2.14. The van der Waals surface area contributed by atoms with Gasteiger partial charge in [-0.15, -0.1) is 0 Å². The second-order valence-electron chi connectivity index (χ2n) is 3.37. The van der Waals surface area contributed by atoms with Crippen molar-refractivity contribution in [1.82, 2.24) is 9.61 Å². The normalized spacial score (nSPS) is 13.4. The first-order valence-electron chi connectivity index (χ1n) is 4.57. The molecule has 2 aromatic rings. The van der Waals surface area contributed by atoms with Crippen LogP contribution < -0.4 is 5.73 Å². The van der Waals surface area contributed by atoms with Crippen LogP contribution in [0.2, 0.25) is 0 Å². The Kier molecular flexibility index (Phi) is 2.56. The number of pyridine rings is 1. The fourth-order valence-electron chi connectivity index (χ4n) is 1.41. The molecule has 0 radical (unpaired) electrons. The Morgan fingerprint density at radius 3 is 3.00 bits per heavy atom. The third kappa shape index (κ3) is 1.44. The van der Waals surface area contributed by atoms with E-state index >= 15 is 0 Å². The van der Waals surface area contributed by atoms with Crippen LogP contribution in [0.4, 0.5) is 0 Å². The Labute approximate surface area is 91.0 Å². The molecule has 0 aliphatic carbocycles. The zero-order valence-corrected chi connectivity index (χ0v) is 9.53. The zero-order chi connectivity index (χ0) is 10.1. The Morgan fingerprint density at radius 1 is 1.57 bits per heavy atom. The van der Waals surface area contributed by atoms with Crippen LogP contribution in [0.1, 0.15) is 18.5 Å². The highest BCUT2D eigenvalue weighted by molar-refractivity contribution is 9.10. The Hall–Kier alpha value is -0.870. The van der Waals surface area contributed by atoms with Crippen molar-refractivity contribution in [3.8, 4) is 0 Å². The smallest absolute Gasteiger partial charge is 0.0817 e. The molecular weight excluding hydrogens is 242 g/mol. The van der Waals surface area contributed by atoms with Gasteiger partial charge in [0.15, 0.2) is 0 Å². The molecule has 0 spiro atoms. The van der Waals surface area contributed by atoms with Gasteiger partial charge in [0.1, 0.15) is 0 Å². The molecule has 0 aromatic carbocycles. The van der Waals surface area contributed by atoms with E-state index in [4.69, 9.17) is 5.73 Å². The van der Waals surface area contributed by atoms with Gasteiger partial charge in [-0.2, -0.15) is 5.10 Å². The van der Waals surface area contributed by atoms with Crippen molar-refractivity contribution >= 4 is 21.4 Å². The van der Waals surface area contributed by atoms with E-state index in [-0.39, 0.29) is 5.92 Å². The summed E-state index contributed by atoms with van der Waals surface area (Å²) in [4.78, 5) is 0. The summed E-state index contributed by atoms with van der Waals surface area (Å²) in [5.74, 6) is 0.282. The number of aromatic nitrogens is 2. The maximum absolute atomic E-state index is 5.62. The van der Waals surface area contributed by atoms with Gasteiger partial charge < -0.3 is 5.73 Å². The molecule has 4 heteroatoms. The molecule has 14 heavy (non-hydrogen) atoms. The van der Waals surface area contributed by atoms with Crippen molar-refractivity contribution in [2.75, 3.05) is 6.54 Å². The van der Waals surface area contributed by atoms with Gasteiger partial charge in [-0.1, -0.05) is 13.0 Å². The summed E-state index contributed by atoms with van der Waals surface area (Å²) in [6, 6.07) is 5.99. The third-order valence-corrected chi connectivity index (χ3v) is 3.14. The minimum absolute atomic E-state index is 0.282. The monoisotopic (exact) mass is 253 g/mol. The summed E-state index contributed by atoms with van der Waals surface area (Å²) in [5, 5.41) is 4.47. The van der Waals surface area contributed by atoms with E-state index in [9.17, 15) is 0 Å². The minimum Gasteiger partial charge on any atom is -0.330 e. The maximum atomic E-state index is 5.62. The first-order chi connectivity index (χ1) is 6.74. The molecule has 0 bridgehead atoms. The average molecular weight is 254 g/mol. The number of fused-ring (bicyclic) bond motifs is 1. The maximum Gasteiger partial charge on any atom is 0.0817 e. The van der Waals surface area contributed by atoms with Crippen molar-refractivity contribution in [3.05, 3.63) is 34.6 Å². The summed E-state index contributed by atoms with van der Waals surface area (Å²) < 4.78 is 2.92. The molecule has 2 aromatic heterocycles. The summed E-state index contributed by atoms with van der Waals surface area (Å²) in [6.07, 6.45) is 1.94. The molecular formula is C10H12BrN3. The Bertz CT molecular complexity index is 450. The standard InChI is InChI=1S/C10H12BrN3/c1-7(6-12)10-9(11)8-4-2-3-5-14(8)13-10/h2-5,7H,6,12H2,1H3. The lowest BCUT2D eigenvalue weighted by Gasteiger charge is -2.03. The molecule has 0 fully saturated rings. The van der Waals surface area contributed by atoms with Crippen LogP contribution in [-0.4, -0.2) is 16.2 Å². The summed E-state index contributed by atoms with van der Waals surface area (Å²) in [6.45, 7) is 2.69. The van der Waals surface area contributed by atoms with Gasteiger partial charge in [-0.25, -0.2) is 4.52 Å². The molecule has 0 saturated heterocycles. The van der Waals surface area contributed by atoms with E-state index in [1.807, 2.05) is 28.9 Å². The van der Waals surface area contributed by atoms with E-state index in [1.54, 1.807) is 0 Å². The van der Waals surface area contributed by atoms with E-state index in [1.165, 1.54) is 0 Å². The van der Waals surface area contributed by atoms with Gasteiger partial charge in [-0.3, -0.25) is 0 Å². The van der Waals surface area contributed by atoms with Crippen LogP contribution >= 0.6 is 15.9 Å². The number of hydrogen-bond acceptors (Lipinski definition) is 2. The summed E-state index contributed by atoms with van der Waals surface area (Å²) in [7, 11) is 0. The van der Waals surface area contributed by atoms with Crippen LogP contribution in [0.15, 0.2) is 28.9 Å². The predicted octanol–water partition coefficient (Wildman–Crippen LogP) is 2.16. The second kappa shape index (κ2) is 3.71. The van der Waals surface area contributed by atoms with Crippen molar-refractivity contribution in [2.45, 2.75) is 12.8 Å². The van der Waals surface area contributed by atoms with E-state index in [0.717, 1.165) is 15.7 Å². The lowest BCUT2D eigenvalue weighted by molar-refractivity contribution is 0.725. The second-order valence-corrected chi connectivity index (χ2v) is 4.16. The van der Waals surface area contributed by atoms with Gasteiger partial charge >= 0.3 is 0 Å². The van der Waals surface area contributed by atoms with Crippen molar-refractivity contribution < 1.29 is 0 Å². The number of rotatable bonds is 2. The van der Waals surface area contributed by atoms with Crippen LogP contribution in [0.5, 0.6) is 0 Å². The fraction of sp³-hybridized carbons (Fsp3) is 0.300. The molecule has 1 atom stereocenters. The Morgan fingerprint density at radius 2 is 2.36 bits per heavy atom. The third-order valence-electron chi connectivity index (χ3n) is 2.32. The molecule has 0 aliphatic heterocycles. The Balaban J connectivity index is 2.62. The van der Waals surface area contributed by atoms with Crippen LogP contribution in [0.25, 0.3) is 5.52 Å². The topological polar surface area (TPSA) is 43.3 Å². The van der Waals surface area contributed by atoms with Gasteiger partial charge in [0.25, 0.3) is 0 Å². The van der Waals surface area contributed by atoms with E-state index < -0.39 is 0 Å². The number of halogens is 1. The molecule has 0 saturated carbocycles. The lowest BCUT2D eigenvalue weighted by Crippen LogP contribution is -2.09. The van der Waals surface area contributed by atoms with E-state index in [0.29, 0.717) is 6.54 Å². The fourth-order valence-corrected chi connectivity index (χ4v) is 2.20. The summed E-state index contributed by atoms with van der Waals surface area (Å²) in [5.41, 5.74) is 7.74. The van der Waals surface area contributed by atoms with Gasteiger partial charge in [0, 0.05) is 18.7 Å². The van der Waals surface area contributed by atoms with Crippen molar-refractivity contribution in [1.29, 1.82) is 0 Å². The molecule has 74 valence electrons. The first-order valence-corrected chi connectivity index (χ1v) is 5.36. The highest BCUT2D eigenvalue weighted by Crippen LogP contribution is 2.27. The molecule has 0 amide bonds. The SMILES string of the molecule is CC(CN)c1nn2ccccc2c1Br. The van der Waals surface area contributed by atoms with Crippen LogP contribution in [0.3, 0.4) is 0 Å². The molecule has 2 rings (SSSR count). The molecule has 0 aliphatic rings. The molecule has 3 nitrogen and oxygen atoms in total. The van der Waals surface area contributed by atoms with Crippen molar-refractivity contribution in [3.63, 3.8) is 0 Å². The minimum atomic E-state index is 0.282. The van der Waals surface area contributed by atoms with Crippen LogP contribution in [-0.2, 0) is 0 Å². The highest BCUT2D eigenvalue weighted by atomic mass is 79.9. The van der Waals surface area contributed by atoms with Gasteiger partial charge in [-0.05, 0) is 28.1 Å². The summed E-state index contributed by atoms with van der Waals surface area (Å²) >= 11 is 3.55. The largest absolute Gasteiger partial charge is 0.330 e. The molecule has 2 N–H and O–H groups in total. The number of nitrogens with two attached hydrogens (primary N) is 1. The van der Waals surface area contributed by atoms with Crippen LogP contribution in [0, 0.1) is 0 Å². The van der Waals surface area contributed by atoms with Gasteiger partial charge in [0.2, 0.25) is 0 Å². The predicted molar refractivity (Wildman–Crippen MR) is 60.4 cm³/mol.